The predicted octanol–water partition coefficient (Wildman–Crippen LogP) is 2.12. The Morgan fingerprint density at radius 3 is 2.63 bits per heavy atom. The van der Waals surface area contributed by atoms with Crippen LogP contribution in [0.15, 0.2) is 6.33 Å². The molecular formula is C13H23N5O. The van der Waals surface area contributed by atoms with E-state index >= 15 is 0 Å². The van der Waals surface area contributed by atoms with Crippen molar-refractivity contribution < 1.29 is 4.74 Å². The molecule has 2 N–H and O–H groups in total. The predicted molar refractivity (Wildman–Crippen MR) is 76.4 cm³/mol. The molecule has 1 aromatic rings. The fourth-order valence-electron chi connectivity index (χ4n) is 2.17. The van der Waals surface area contributed by atoms with E-state index < -0.39 is 0 Å². The van der Waals surface area contributed by atoms with Gasteiger partial charge in [-0.1, -0.05) is 13.3 Å². The molecule has 19 heavy (non-hydrogen) atoms. The number of nitrogens with one attached hydrogen (secondary N) is 2. The molecule has 0 aromatic carbocycles. The Balaban J connectivity index is 2.09. The molecular weight excluding hydrogens is 242 g/mol. The van der Waals surface area contributed by atoms with Gasteiger partial charge >= 0.3 is 0 Å². The van der Waals surface area contributed by atoms with Crippen LogP contribution in [0.3, 0.4) is 0 Å². The van der Waals surface area contributed by atoms with E-state index in [0.29, 0.717) is 5.75 Å². The minimum atomic E-state index is 0.682. The van der Waals surface area contributed by atoms with Crippen LogP contribution in [0.1, 0.15) is 32.6 Å². The van der Waals surface area contributed by atoms with Gasteiger partial charge < -0.3 is 10.1 Å². The third-order valence-corrected chi connectivity index (χ3v) is 3.17. The summed E-state index contributed by atoms with van der Waals surface area (Å²) in [5, 5.41) is 5.45. The number of hydrogen-bond donors (Lipinski definition) is 2. The Hall–Kier alpha value is -1.56. The van der Waals surface area contributed by atoms with E-state index in [1.807, 2.05) is 0 Å². The third kappa shape index (κ3) is 3.70. The lowest BCUT2D eigenvalue weighted by molar-refractivity contribution is 0.270. The maximum absolute atomic E-state index is 5.44. The van der Waals surface area contributed by atoms with E-state index in [1.54, 1.807) is 13.4 Å². The summed E-state index contributed by atoms with van der Waals surface area (Å²) in [6, 6.07) is 0. The topological polar surface area (TPSA) is 62.3 Å². The Morgan fingerprint density at radius 1 is 1.21 bits per heavy atom. The van der Waals surface area contributed by atoms with Crippen molar-refractivity contribution in [1.82, 2.24) is 15.0 Å². The molecule has 6 heteroatoms. The molecule has 0 amide bonds. The largest absolute Gasteiger partial charge is 0.490 e. The summed E-state index contributed by atoms with van der Waals surface area (Å²) in [4.78, 5) is 8.52. The van der Waals surface area contributed by atoms with Crippen molar-refractivity contribution in [3.8, 4) is 5.75 Å². The number of hydrogen-bond acceptors (Lipinski definition) is 6. The first-order chi connectivity index (χ1) is 9.35. The first-order valence-electron chi connectivity index (χ1n) is 6.99. The van der Waals surface area contributed by atoms with Gasteiger partial charge in [0, 0.05) is 19.6 Å². The van der Waals surface area contributed by atoms with Crippen molar-refractivity contribution >= 4 is 11.6 Å². The van der Waals surface area contributed by atoms with Gasteiger partial charge in [-0.25, -0.2) is 15.0 Å². The van der Waals surface area contributed by atoms with Crippen LogP contribution in [0.2, 0.25) is 0 Å². The van der Waals surface area contributed by atoms with Crippen LogP contribution in [0.4, 0.5) is 11.6 Å². The zero-order valence-corrected chi connectivity index (χ0v) is 11.8. The molecule has 1 saturated heterocycles. The Labute approximate surface area is 114 Å². The van der Waals surface area contributed by atoms with Gasteiger partial charge in [0.15, 0.2) is 11.6 Å². The van der Waals surface area contributed by atoms with Crippen LogP contribution < -0.4 is 15.5 Å². The fourth-order valence-corrected chi connectivity index (χ4v) is 2.17. The van der Waals surface area contributed by atoms with E-state index in [9.17, 15) is 0 Å². The first kappa shape index (κ1) is 13.9. The number of rotatable bonds is 6. The zero-order chi connectivity index (χ0) is 13.5. The molecule has 2 heterocycles. The minimum absolute atomic E-state index is 0.682. The SMILES string of the molecule is CCCNc1ncnc(NN2CCCCC2)c1OC. The smallest absolute Gasteiger partial charge is 0.205 e. The summed E-state index contributed by atoms with van der Waals surface area (Å²) in [5.74, 6) is 2.17. The quantitative estimate of drug-likeness (QED) is 0.821. The Bertz CT molecular complexity index is 393. The average Bonchev–Trinajstić information content (AvgIpc) is 2.46. The lowest BCUT2D eigenvalue weighted by atomic mass is 10.2. The minimum Gasteiger partial charge on any atom is -0.490 e. The second-order valence-corrected chi connectivity index (χ2v) is 4.69. The lowest BCUT2D eigenvalue weighted by Crippen LogP contribution is -2.35. The summed E-state index contributed by atoms with van der Waals surface area (Å²) in [6.07, 6.45) is 6.36. The molecule has 2 rings (SSSR count). The van der Waals surface area contributed by atoms with Gasteiger partial charge in [0.2, 0.25) is 5.75 Å². The van der Waals surface area contributed by atoms with Crippen molar-refractivity contribution in [2.45, 2.75) is 32.6 Å². The maximum Gasteiger partial charge on any atom is 0.205 e. The highest BCUT2D eigenvalue weighted by Gasteiger charge is 2.16. The van der Waals surface area contributed by atoms with Crippen LogP contribution in [-0.4, -0.2) is 41.7 Å². The Morgan fingerprint density at radius 2 is 1.95 bits per heavy atom. The normalized spacial score (nSPS) is 16.1. The number of methoxy groups -OCH3 is 1. The molecule has 0 bridgehead atoms. The molecule has 0 spiro atoms. The average molecular weight is 265 g/mol. The van der Waals surface area contributed by atoms with E-state index in [2.05, 4.69) is 32.6 Å². The molecule has 1 aliphatic rings. The van der Waals surface area contributed by atoms with Gasteiger partial charge in [0.25, 0.3) is 0 Å². The number of nitrogens with zero attached hydrogens (tertiary/aromatic N) is 3. The van der Waals surface area contributed by atoms with Crippen LogP contribution in [0, 0.1) is 0 Å². The first-order valence-corrected chi connectivity index (χ1v) is 6.99. The molecule has 1 fully saturated rings. The lowest BCUT2D eigenvalue weighted by Gasteiger charge is -2.28. The number of aromatic nitrogens is 2. The van der Waals surface area contributed by atoms with Crippen molar-refractivity contribution in [2.24, 2.45) is 0 Å². The van der Waals surface area contributed by atoms with E-state index in [4.69, 9.17) is 4.74 Å². The maximum atomic E-state index is 5.44. The highest BCUT2D eigenvalue weighted by atomic mass is 16.5. The molecule has 6 nitrogen and oxygen atoms in total. The second kappa shape index (κ2) is 7.13. The van der Waals surface area contributed by atoms with Crippen LogP contribution >= 0.6 is 0 Å². The highest BCUT2D eigenvalue weighted by molar-refractivity contribution is 5.63. The van der Waals surface area contributed by atoms with Crippen molar-refractivity contribution in [2.75, 3.05) is 37.5 Å². The van der Waals surface area contributed by atoms with E-state index in [-0.39, 0.29) is 0 Å². The van der Waals surface area contributed by atoms with Crippen LogP contribution in [0.5, 0.6) is 5.75 Å². The van der Waals surface area contributed by atoms with E-state index in [1.165, 1.54) is 19.3 Å². The van der Waals surface area contributed by atoms with Crippen LogP contribution in [0.25, 0.3) is 0 Å². The van der Waals surface area contributed by atoms with Crippen LogP contribution in [-0.2, 0) is 0 Å². The summed E-state index contributed by atoms with van der Waals surface area (Å²) >= 11 is 0. The third-order valence-electron chi connectivity index (χ3n) is 3.17. The molecule has 0 atom stereocenters. The standard InChI is InChI=1S/C13H23N5O/c1-3-7-14-12-11(19-2)13(16-10-15-12)17-18-8-5-4-6-9-18/h10H,3-9H2,1-2H3,(H2,14,15,16,17). The fraction of sp³-hybridized carbons (Fsp3) is 0.692. The van der Waals surface area contributed by atoms with Gasteiger partial charge in [-0.2, -0.15) is 0 Å². The Kier molecular flexibility index (Phi) is 5.20. The highest BCUT2D eigenvalue weighted by Crippen LogP contribution is 2.29. The monoisotopic (exact) mass is 265 g/mol. The molecule has 1 aliphatic heterocycles. The van der Waals surface area contributed by atoms with Crippen molar-refractivity contribution in [3.63, 3.8) is 0 Å². The molecule has 0 aliphatic carbocycles. The zero-order valence-electron chi connectivity index (χ0n) is 11.8. The molecule has 0 unspecified atom stereocenters. The van der Waals surface area contributed by atoms with E-state index in [0.717, 1.165) is 37.7 Å². The molecule has 106 valence electrons. The molecule has 0 radical (unpaired) electrons. The number of hydrazine groups is 1. The summed E-state index contributed by atoms with van der Waals surface area (Å²) < 4.78 is 5.44. The van der Waals surface area contributed by atoms with Gasteiger partial charge in [0.1, 0.15) is 6.33 Å². The van der Waals surface area contributed by atoms with Crippen molar-refractivity contribution in [1.29, 1.82) is 0 Å². The van der Waals surface area contributed by atoms with Gasteiger partial charge in [-0.05, 0) is 19.3 Å². The van der Waals surface area contributed by atoms with Gasteiger partial charge in [0.05, 0.1) is 7.11 Å². The van der Waals surface area contributed by atoms with Crippen molar-refractivity contribution in [3.05, 3.63) is 6.33 Å². The molecule has 1 aromatic heterocycles. The second-order valence-electron chi connectivity index (χ2n) is 4.69. The number of piperidine rings is 1. The van der Waals surface area contributed by atoms with Gasteiger partial charge in [-0.15, -0.1) is 0 Å². The molecule has 0 saturated carbocycles. The van der Waals surface area contributed by atoms with Gasteiger partial charge in [-0.3, -0.25) is 5.43 Å². The summed E-state index contributed by atoms with van der Waals surface area (Å²) in [6.45, 7) is 5.08. The number of anilines is 2. The number of ether oxygens (including phenoxy) is 1. The summed E-state index contributed by atoms with van der Waals surface area (Å²) in [7, 11) is 1.65. The summed E-state index contributed by atoms with van der Waals surface area (Å²) in [5.41, 5.74) is 3.33.